The van der Waals surface area contributed by atoms with Crippen LogP contribution in [0, 0.1) is 0 Å². The maximum atomic E-state index is 5.00. The molecule has 0 saturated carbocycles. The molecule has 4 N–H and O–H groups in total. The second-order valence-electron chi connectivity index (χ2n) is 1.23. The fourth-order valence-corrected chi connectivity index (χ4v) is 0. The minimum absolute atomic E-state index is 0. The average Bonchev–Trinajstić information content (AvgIpc) is 0.722. The molecule has 0 radical (unpaired) electrons. The molecule has 0 aliphatic carbocycles. The van der Waals surface area contributed by atoms with Crippen molar-refractivity contribution in [2.45, 2.75) is 11.9 Å². The Bertz CT molecular complexity index is 27.0. The van der Waals surface area contributed by atoms with Crippen molar-refractivity contribution in [3.8, 4) is 0 Å². The van der Waals surface area contributed by atoms with Crippen molar-refractivity contribution >= 4 is 32.4 Å². The van der Waals surface area contributed by atoms with Crippen LogP contribution in [0.1, 0.15) is 6.92 Å². The van der Waals surface area contributed by atoms with Gasteiger partial charge in [0.15, 0.2) is 0 Å². The molecule has 0 aromatic heterocycles. The quantitative estimate of drug-likeness (QED) is 0.228. The predicted octanol–water partition coefficient (Wildman–Crippen LogP) is -1.68. The first kappa shape index (κ1) is 10.0. The first-order valence-corrected chi connectivity index (χ1v) is 1.75. The summed E-state index contributed by atoms with van der Waals surface area (Å²) in [4.78, 5) is -0.806. The third-order valence-corrected chi connectivity index (χ3v) is 0. The van der Waals surface area contributed by atoms with Gasteiger partial charge in [0.05, 0.1) is 0 Å². The van der Waals surface area contributed by atoms with E-state index in [-0.39, 0.29) is 19.8 Å². The molecule has 0 aliphatic heterocycles. The van der Waals surface area contributed by atoms with Gasteiger partial charge in [-0.1, -0.05) is 0 Å². The van der Waals surface area contributed by atoms with Crippen LogP contribution in [0.15, 0.2) is 0 Å². The van der Waals surface area contributed by atoms with E-state index < -0.39 is 4.99 Å². The van der Waals surface area contributed by atoms with Crippen LogP contribution in [0.2, 0.25) is 0 Å². The van der Waals surface area contributed by atoms with Gasteiger partial charge in [0.25, 0.3) is 0 Å². The first-order chi connectivity index (χ1) is 2.00. The van der Waals surface area contributed by atoms with Crippen LogP contribution in [-0.4, -0.2) is 24.8 Å². The van der Waals surface area contributed by atoms with Crippen molar-refractivity contribution in [2.75, 3.05) is 0 Å². The molecule has 0 bridgehead atoms. The summed E-state index contributed by atoms with van der Waals surface area (Å²) in [6.07, 6.45) is 0. The number of thiol groups is 1. The van der Waals surface area contributed by atoms with Gasteiger partial charge < -0.3 is 11.5 Å². The second-order valence-corrected chi connectivity index (χ2v) is 2.19. The van der Waals surface area contributed by atoms with Crippen molar-refractivity contribution in [2.24, 2.45) is 11.5 Å². The van der Waals surface area contributed by atoms with Crippen molar-refractivity contribution < 1.29 is 0 Å². The minimum atomic E-state index is -0.806. The molecule has 0 fully saturated rings. The average molecular weight is 165 g/mol. The summed E-state index contributed by atoms with van der Waals surface area (Å²) >= 11 is 3.68. The van der Waals surface area contributed by atoms with Crippen LogP contribution in [0.4, 0.5) is 0 Å². The van der Waals surface area contributed by atoms with E-state index in [1.54, 1.807) is 6.92 Å². The van der Waals surface area contributed by atoms with E-state index in [0.717, 1.165) is 0 Å². The van der Waals surface area contributed by atoms with Crippen molar-refractivity contribution in [3.05, 3.63) is 0 Å². The van der Waals surface area contributed by atoms with E-state index >= 15 is 0 Å². The fourth-order valence-electron chi connectivity index (χ4n) is 0. The maximum absolute atomic E-state index is 5.00. The molecule has 0 aromatic rings. The van der Waals surface area contributed by atoms with E-state index in [4.69, 9.17) is 11.5 Å². The zero-order valence-corrected chi connectivity index (χ0v) is 4.00. The molecule has 0 heterocycles. The molecule has 0 saturated heterocycles. The summed E-state index contributed by atoms with van der Waals surface area (Å²) < 4.78 is 0. The number of hydrogen-bond acceptors (Lipinski definition) is 3. The standard InChI is InChI=1S/C2H8N2S.Ga.3H/c1-2(3,4)5;;;;/h5H,3-4H2,1H3;;;;. The molecule has 0 aromatic carbocycles. The van der Waals surface area contributed by atoms with E-state index in [1.165, 1.54) is 0 Å². The Morgan fingerprint density at radius 3 is 1.50 bits per heavy atom. The summed E-state index contributed by atoms with van der Waals surface area (Å²) in [7, 11) is 0. The third kappa shape index (κ3) is 91.1. The molecule has 0 atom stereocenters. The monoisotopic (exact) mass is 164 g/mol. The Kier molecular flexibility index (Phi) is 4.97. The summed E-state index contributed by atoms with van der Waals surface area (Å²) in [6.45, 7) is 1.61. The van der Waals surface area contributed by atoms with Gasteiger partial charge in [0.1, 0.15) is 4.99 Å². The molecule has 4 heteroatoms. The Morgan fingerprint density at radius 2 is 1.50 bits per heavy atom. The van der Waals surface area contributed by atoms with E-state index in [0.29, 0.717) is 0 Å². The Morgan fingerprint density at radius 1 is 1.50 bits per heavy atom. The normalized spacial score (nSPS) is 10.0. The molecule has 38 valence electrons. The Hall–Kier alpha value is 0.906. The Labute approximate surface area is 56.1 Å². The van der Waals surface area contributed by atoms with Crippen molar-refractivity contribution in [1.29, 1.82) is 0 Å². The molecule has 0 amide bonds. The first-order valence-electron chi connectivity index (χ1n) is 1.30. The van der Waals surface area contributed by atoms with Crippen molar-refractivity contribution in [3.63, 3.8) is 0 Å². The zero-order chi connectivity index (χ0) is 4.50. The molecular weight excluding hydrogens is 154 g/mol. The van der Waals surface area contributed by atoms with Gasteiger partial charge in [-0.25, -0.2) is 0 Å². The van der Waals surface area contributed by atoms with Crippen LogP contribution in [-0.2, 0) is 0 Å². The van der Waals surface area contributed by atoms with Crippen LogP contribution in [0.5, 0.6) is 0 Å². The van der Waals surface area contributed by atoms with Crippen LogP contribution in [0.3, 0.4) is 0 Å². The predicted molar refractivity (Wildman–Crippen MR) is 35.7 cm³/mol. The van der Waals surface area contributed by atoms with Crippen molar-refractivity contribution in [1.82, 2.24) is 0 Å². The van der Waals surface area contributed by atoms with Crippen LogP contribution < -0.4 is 11.5 Å². The summed E-state index contributed by atoms with van der Waals surface area (Å²) in [6, 6.07) is 0. The summed E-state index contributed by atoms with van der Waals surface area (Å²) in [5, 5.41) is 0. The van der Waals surface area contributed by atoms with Crippen LogP contribution in [0.25, 0.3) is 0 Å². The van der Waals surface area contributed by atoms with Gasteiger partial charge in [-0.3, -0.25) is 0 Å². The van der Waals surface area contributed by atoms with Gasteiger partial charge in [0.2, 0.25) is 0 Å². The van der Waals surface area contributed by atoms with E-state index in [9.17, 15) is 0 Å². The second kappa shape index (κ2) is 2.98. The fraction of sp³-hybridized carbons (Fsp3) is 1.00. The molecular formula is C2H11GaN2S. The van der Waals surface area contributed by atoms with E-state index in [2.05, 4.69) is 12.6 Å². The van der Waals surface area contributed by atoms with Gasteiger partial charge in [-0.15, -0.1) is 12.6 Å². The molecule has 0 spiro atoms. The number of rotatable bonds is 0. The molecule has 0 aliphatic rings. The number of hydrogen-bond donors (Lipinski definition) is 3. The molecule has 6 heavy (non-hydrogen) atoms. The number of nitrogens with two attached hydrogens (primary N) is 2. The van der Waals surface area contributed by atoms with Gasteiger partial charge in [0, 0.05) is 0 Å². The van der Waals surface area contributed by atoms with Gasteiger partial charge >= 0.3 is 19.8 Å². The SMILES string of the molecule is CC(N)(N)S.[GaH3]. The Balaban J connectivity index is 0. The van der Waals surface area contributed by atoms with Gasteiger partial charge in [-0.2, -0.15) is 0 Å². The topological polar surface area (TPSA) is 52.0 Å². The third-order valence-electron chi connectivity index (χ3n) is 0. The summed E-state index contributed by atoms with van der Waals surface area (Å²) in [5.41, 5.74) is 9.99. The molecule has 2 nitrogen and oxygen atoms in total. The van der Waals surface area contributed by atoms with Crippen LogP contribution >= 0.6 is 12.6 Å². The zero-order valence-electron chi connectivity index (χ0n) is 3.10. The van der Waals surface area contributed by atoms with Gasteiger partial charge in [-0.05, 0) is 6.92 Å². The molecule has 0 rings (SSSR count). The molecule has 0 unspecified atom stereocenters. The summed E-state index contributed by atoms with van der Waals surface area (Å²) in [5.74, 6) is 0. The van der Waals surface area contributed by atoms with E-state index in [1.807, 2.05) is 0 Å².